The number of benzene rings is 1. The standard InChI is InChI=1S/C22H18F4N4O4/c23-18(24)12-33-17-6-3-9-27-20(17)21(32)29-10-13(11-29)30-19(31)8-7-15(28-30)14-4-1-2-5-16(14)34-22(25)26/h1-9,13,18,22H,10-12H2. The van der Waals surface area contributed by atoms with Crippen LogP contribution in [0.3, 0.4) is 0 Å². The molecule has 3 heterocycles. The van der Waals surface area contributed by atoms with Crippen LogP contribution in [0.15, 0.2) is 59.5 Å². The van der Waals surface area contributed by atoms with Gasteiger partial charge in [0.25, 0.3) is 17.9 Å². The number of para-hydroxylation sites is 1. The molecule has 0 spiro atoms. The first-order valence-electron chi connectivity index (χ1n) is 10.1. The zero-order chi connectivity index (χ0) is 24.2. The van der Waals surface area contributed by atoms with E-state index in [1.165, 1.54) is 58.2 Å². The molecule has 4 rings (SSSR count). The fourth-order valence-corrected chi connectivity index (χ4v) is 3.45. The lowest BCUT2D eigenvalue weighted by molar-refractivity contribution is -0.0494. The molecule has 1 aromatic carbocycles. The molecule has 1 saturated heterocycles. The van der Waals surface area contributed by atoms with E-state index in [2.05, 4.69) is 14.8 Å². The maximum Gasteiger partial charge on any atom is 0.387 e. The van der Waals surface area contributed by atoms with Crippen LogP contribution >= 0.6 is 0 Å². The van der Waals surface area contributed by atoms with Crippen molar-refractivity contribution in [2.24, 2.45) is 0 Å². The minimum atomic E-state index is -3.03. The Hall–Kier alpha value is -3.96. The third-order valence-corrected chi connectivity index (χ3v) is 5.04. The van der Waals surface area contributed by atoms with E-state index in [1.807, 2.05) is 0 Å². The average Bonchev–Trinajstić information content (AvgIpc) is 2.78. The van der Waals surface area contributed by atoms with Crippen LogP contribution in [0.25, 0.3) is 11.3 Å². The summed E-state index contributed by atoms with van der Waals surface area (Å²) in [5.41, 5.74) is -0.0354. The molecule has 2 aromatic heterocycles. The minimum absolute atomic E-state index is 0.0656. The number of pyridine rings is 1. The van der Waals surface area contributed by atoms with Crippen LogP contribution in [0, 0.1) is 0 Å². The first-order valence-corrected chi connectivity index (χ1v) is 10.1. The van der Waals surface area contributed by atoms with Gasteiger partial charge in [0.1, 0.15) is 12.4 Å². The highest BCUT2D eigenvalue weighted by molar-refractivity contribution is 5.95. The quantitative estimate of drug-likeness (QED) is 0.462. The van der Waals surface area contributed by atoms with Gasteiger partial charge in [0.05, 0.1) is 11.7 Å². The predicted octanol–water partition coefficient (Wildman–Crippen LogP) is 3.25. The zero-order valence-corrected chi connectivity index (χ0v) is 17.5. The molecule has 1 amide bonds. The topological polar surface area (TPSA) is 86.6 Å². The number of hydrogen-bond donors (Lipinski definition) is 0. The van der Waals surface area contributed by atoms with Crippen molar-refractivity contribution in [2.45, 2.75) is 19.1 Å². The van der Waals surface area contributed by atoms with E-state index in [-0.39, 0.29) is 41.5 Å². The van der Waals surface area contributed by atoms with Gasteiger partial charge in [-0.25, -0.2) is 18.4 Å². The van der Waals surface area contributed by atoms with E-state index < -0.39 is 37.2 Å². The van der Waals surface area contributed by atoms with Gasteiger partial charge < -0.3 is 14.4 Å². The van der Waals surface area contributed by atoms with Crippen molar-refractivity contribution in [2.75, 3.05) is 19.7 Å². The molecule has 0 N–H and O–H groups in total. The van der Waals surface area contributed by atoms with Crippen molar-refractivity contribution in [1.82, 2.24) is 19.7 Å². The number of nitrogens with zero attached hydrogens (tertiary/aromatic N) is 4. The van der Waals surface area contributed by atoms with Gasteiger partial charge >= 0.3 is 6.61 Å². The summed E-state index contributed by atoms with van der Waals surface area (Å²) in [4.78, 5) is 30.5. The molecule has 178 valence electrons. The Morgan fingerprint density at radius 2 is 1.76 bits per heavy atom. The Balaban J connectivity index is 1.51. The minimum Gasteiger partial charge on any atom is -0.485 e. The smallest absolute Gasteiger partial charge is 0.387 e. The molecule has 0 aliphatic carbocycles. The monoisotopic (exact) mass is 478 g/mol. The molecule has 0 bridgehead atoms. The average molecular weight is 478 g/mol. The number of hydrogen-bond acceptors (Lipinski definition) is 6. The number of likely N-dealkylation sites (tertiary alicyclic amines) is 1. The highest BCUT2D eigenvalue weighted by atomic mass is 19.3. The zero-order valence-electron chi connectivity index (χ0n) is 17.5. The number of alkyl halides is 4. The highest BCUT2D eigenvalue weighted by Gasteiger charge is 2.35. The second-order valence-corrected chi connectivity index (χ2v) is 7.29. The van der Waals surface area contributed by atoms with E-state index in [4.69, 9.17) is 4.74 Å². The van der Waals surface area contributed by atoms with Crippen LogP contribution in [0.5, 0.6) is 11.5 Å². The van der Waals surface area contributed by atoms with Gasteiger partial charge in [0.2, 0.25) is 0 Å². The van der Waals surface area contributed by atoms with E-state index in [0.29, 0.717) is 0 Å². The lowest BCUT2D eigenvalue weighted by Gasteiger charge is -2.39. The molecule has 0 atom stereocenters. The molecule has 1 aliphatic rings. The third kappa shape index (κ3) is 5.00. The van der Waals surface area contributed by atoms with Gasteiger partial charge in [-0.15, -0.1) is 0 Å². The molecule has 0 saturated carbocycles. The molecule has 1 fully saturated rings. The number of aromatic nitrogens is 3. The summed E-state index contributed by atoms with van der Waals surface area (Å²) < 4.78 is 61.1. The Morgan fingerprint density at radius 3 is 2.50 bits per heavy atom. The van der Waals surface area contributed by atoms with E-state index in [9.17, 15) is 27.2 Å². The Morgan fingerprint density at radius 1 is 1.03 bits per heavy atom. The first-order chi connectivity index (χ1) is 16.3. The first kappa shape index (κ1) is 23.2. The van der Waals surface area contributed by atoms with Gasteiger partial charge in [-0.1, -0.05) is 12.1 Å². The number of amides is 1. The summed E-state index contributed by atoms with van der Waals surface area (Å²) in [7, 11) is 0. The third-order valence-electron chi connectivity index (χ3n) is 5.04. The summed E-state index contributed by atoms with van der Waals surface area (Å²) in [5, 5.41) is 4.28. The number of halogens is 4. The summed E-state index contributed by atoms with van der Waals surface area (Å²) >= 11 is 0. The number of carbonyl (C=O) groups excluding carboxylic acids is 1. The molecule has 3 aromatic rings. The lowest BCUT2D eigenvalue weighted by atomic mass is 10.1. The van der Waals surface area contributed by atoms with Crippen LogP contribution < -0.4 is 15.0 Å². The van der Waals surface area contributed by atoms with Crippen molar-refractivity contribution in [1.29, 1.82) is 0 Å². The summed E-state index contributed by atoms with van der Waals surface area (Å²) in [5.74, 6) is -0.697. The number of carbonyl (C=O) groups is 1. The van der Waals surface area contributed by atoms with Crippen molar-refractivity contribution in [3.05, 3.63) is 70.8 Å². The van der Waals surface area contributed by atoms with Crippen molar-refractivity contribution in [3.63, 3.8) is 0 Å². The number of rotatable bonds is 8. The number of ether oxygens (including phenoxy) is 2. The fourth-order valence-electron chi connectivity index (χ4n) is 3.45. The molecular formula is C22H18F4N4O4. The molecule has 12 heteroatoms. The van der Waals surface area contributed by atoms with Crippen LogP contribution in [0.2, 0.25) is 0 Å². The van der Waals surface area contributed by atoms with Crippen LogP contribution in [-0.2, 0) is 0 Å². The van der Waals surface area contributed by atoms with Gasteiger partial charge in [-0.05, 0) is 30.3 Å². The normalized spacial score (nSPS) is 13.8. The van der Waals surface area contributed by atoms with Crippen molar-refractivity contribution >= 4 is 5.91 Å². The van der Waals surface area contributed by atoms with Gasteiger partial charge in [-0.2, -0.15) is 13.9 Å². The van der Waals surface area contributed by atoms with Crippen molar-refractivity contribution in [3.8, 4) is 22.8 Å². The maximum atomic E-state index is 12.8. The SMILES string of the molecule is O=C(c1ncccc1OCC(F)F)N1CC(n2nc(-c3ccccc3OC(F)F)ccc2=O)C1. The van der Waals surface area contributed by atoms with Crippen LogP contribution in [-0.4, -0.2) is 58.3 Å². The predicted molar refractivity (Wildman–Crippen MR) is 111 cm³/mol. The summed E-state index contributed by atoms with van der Waals surface area (Å²) in [6, 6.07) is 11.0. The maximum absolute atomic E-state index is 12.8. The summed E-state index contributed by atoms with van der Waals surface area (Å²) in [6.07, 6.45) is -1.37. The van der Waals surface area contributed by atoms with Crippen molar-refractivity contribution < 1.29 is 31.8 Å². The highest BCUT2D eigenvalue weighted by Crippen LogP contribution is 2.30. The Kier molecular flexibility index (Phi) is 6.75. The van der Waals surface area contributed by atoms with Gasteiger partial charge in [0.15, 0.2) is 11.4 Å². The molecule has 8 nitrogen and oxygen atoms in total. The Labute approximate surface area is 190 Å². The molecule has 1 aliphatic heterocycles. The fraction of sp³-hybridized carbons (Fsp3) is 0.273. The van der Waals surface area contributed by atoms with E-state index in [0.717, 1.165) is 0 Å². The van der Waals surface area contributed by atoms with Crippen LogP contribution in [0.1, 0.15) is 16.5 Å². The molecule has 0 unspecified atom stereocenters. The van der Waals surface area contributed by atoms with Crippen LogP contribution in [0.4, 0.5) is 17.6 Å². The Bertz CT molecular complexity index is 1230. The summed E-state index contributed by atoms with van der Waals surface area (Å²) in [6.45, 7) is -3.69. The molecular weight excluding hydrogens is 460 g/mol. The largest absolute Gasteiger partial charge is 0.485 e. The van der Waals surface area contributed by atoms with Gasteiger partial charge in [0, 0.05) is 30.9 Å². The van der Waals surface area contributed by atoms with E-state index >= 15 is 0 Å². The molecule has 34 heavy (non-hydrogen) atoms. The molecule has 0 radical (unpaired) electrons. The van der Waals surface area contributed by atoms with Gasteiger partial charge in [-0.3, -0.25) is 9.59 Å². The second-order valence-electron chi connectivity index (χ2n) is 7.29. The van der Waals surface area contributed by atoms with E-state index in [1.54, 1.807) is 6.07 Å². The lowest BCUT2D eigenvalue weighted by Crippen LogP contribution is -2.53. The second kappa shape index (κ2) is 9.89.